The second-order valence-corrected chi connectivity index (χ2v) is 6.76. The molecule has 0 aromatic heterocycles. The molecule has 6 nitrogen and oxygen atoms in total. The molecule has 2 N–H and O–H groups in total. The molecule has 2 aromatic carbocycles. The molecular formula is C21H24FNO5. The molecule has 0 spiro atoms. The molecule has 28 heavy (non-hydrogen) atoms. The van der Waals surface area contributed by atoms with Crippen LogP contribution in [0.1, 0.15) is 24.8 Å². The Kier molecular flexibility index (Phi) is 6.71. The highest BCUT2D eigenvalue weighted by Gasteiger charge is 2.27. The van der Waals surface area contributed by atoms with E-state index in [9.17, 15) is 4.39 Å². The standard InChI is InChI=1S/C19H20FNO3.C2H4O2/c20-15-3-1-13(2-4-15)17-7-8-21-10-14(17)11-22-16-5-6-18-19(9-16)24-12-23-18;1-2(3)4/h1-6,9,14,17,21H,7-8,10-12H2;1H3,(H,3,4)/t14-,17-;/m0./s1. The first-order valence-electron chi connectivity index (χ1n) is 9.21. The molecular weight excluding hydrogens is 365 g/mol. The summed E-state index contributed by atoms with van der Waals surface area (Å²) in [6, 6.07) is 12.5. The van der Waals surface area contributed by atoms with Crippen LogP contribution in [-0.4, -0.2) is 37.6 Å². The van der Waals surface area contributed by atoms with E-state index in [2.05, 4.69) is 5.32 Å². The molecule has 4 rings (SSSR count). The van der Waals surface area contributed by atoms with Gasteiger partial charge in [0.25, 0.3) is 5.97 Å². The third-order valence-electron chi connectivity index (χ3n) is 4.71. The van der Waals surface area contributed by atoms with Crippen LogP contribution in [0.2, 0.25) is 0 Å². The lowest BCUT2D eigenvalue weighted by Gasteiger charge is -2.32. The Balaban J connectivity index is 0.000000516. The van der Waals surface area contributed by atoms with Crippen LogP contribution in [0.5, 0.6) is 17.2 Å². The number of ether oxygens (including phenoxy) is 3. The van der Waals surface area contributed by atoms with Gasteiger partial charge in [0.15, 0.2) is 11.5 Å². The highest BCUT2D eigenvalue weighted by Crippen LogP contribution is 2.36. The van der Waals surface area contributed by atoms with E-state index >= 15 is 0 Å². The van der Waals surface area contributed by atoms with E-state index in [1.54, 1.807) is 0 Å². The summed E-state index contributed by atoms with van der Waals surface area (Å²) < 4.78 is 29.9. The predicted octanol–water partition coefficient (Wildman–Crippen LogP) is 3.42. The van der Waals surface area contributed by atoms with Crippen molar-refractivity contribution in [3.63, 3.8) is 0 Å². The number of hydrogen-bond acceptors (Lipinski definition) is 5. The van der Waals surface area contributed by atoms with Crippen LogP contribution >= 0.6 is 0 Å². The van der Waals surface area contributed by atoms with Crippen molar-refractivity contribution in [2.24, 2.45) is 5.92 Å². The monoisotopic (exact) mass is 389 g/mol. The normalized spacial score (nSPS) is 20.1. The number of halogens is 1. The summed E-state index contributed by atoms with van der Waals surface area (Å²) in [6.45, 7) is 3.82. The van der Waals surface area contributed by atoms with Gasteiger partial charge >= 0.3 is 0 Å². The molecule has 0 saturated carbocycles. The van der Waals surface area contributed by atoms with Crippen molar-refractivity contribution in [2.75, 3.05) is 26.5 Å². The molecule has 2 aromatic rings. The molecule has 150 valence electrons. The summed E-state index contributed by atoms with van der Waals surface area (Å²) in [4.78, 5) is 9.00. The fraction of sp³-hybridized carbons (Fsp3) is 0.381. The summed E-state index contributed by atoms with van der Waals surface area (Å²) in [5, 5.41) is 10.8. The quantitative estimate of drug-likeness (QED) is 0.835. The molecule has 1 fully saturated rings. The number of carbonyl (C=O) groups is 1. The predicted molar refractivity (Wildman–Crippen MR) is 101 cm³/mol. The molecule has 2 heterocycles. The number of piperidine rings is 1. The van der Waals surface area contributed by atoms with Gasteiger partial charge in [-0.15, -0.1) is 0 Å². The summed E-state index contributed by atoms with van der Waals surface area (Å²) in [7, 11) is 0. The molecule has 0 amide bonds. The lowest BCUT2D eigenvalue weighted by molar-refractivity contribution is -0.134. The van der Waals surface area contributed by atoms with Crippen LogP contribution in [0.4, 0.5) is 4.39 Å². The number of nitrogens with one attached hydrogen (secondary N) is 1. The fourth-order valence-corrected chi connectivity index (χ4v) is 3.42. The van der Waals surface area contributed by atoms with Gasteiger partial charge in [-0.1, -0.05) is 12.1 Å². The number of rotatable bonds is 4. The van der Waals surface area contributed by atoms with Gasteiger partial charge in [0, 0.05) is 25.5 Å². The number of aliphatic carboxylic acids is 1. The van der Waals surface area contributed by atoms with Crippen molar-refractivity contribution in [1.82, 2.24) is 5.32 Å². The second kappa shape index (κ2) is 9.41. The van der Waals surface area contributed by atoms with Gasteiger partial charge in [-0.2, -0.15) is 0 Å². The number of benzene rings is 2. The highest BCUT2D eigenvalue weighted by molar-refractivity contribution is 5.62. The Morgan fingerprint density at radius 3 is 2.68 bits per heavy atom. The Labute approximate surface area is 163 Å². The number of carboxylic acids is 1. The summed E-state index contributed by atoms with van der Waals surface area (Å²) in [5.74, 6) is 1.95. The fourth-order valence-electron chi connectivity index (χ4n) is 3.42. The van der Waals surface area contributed by atoms with Crippen molar-refractivity contribution >= 4 is 5.97 Å². The van der Waals surface area contributed by atoms with Gasteiger partial charge in [-0.05, 0) is 48.7 Å². The van der Waals surface area contributed by atoms with E-state index < -0.39 is 5.97 Å². The van der Waals surface area contributed by atoms with E-state index in [-0.39, 0.29) is 12.6 Å². The van der Waals surface area contributed by atoms with Crippen molar-refractivity contribution < 1.29 is 28.5 Å². The van der Waals surface area contributed by atoms with Crippen LogP contribution < -0.4 is 19.5 Å². The number of fused-ring (bicyclic) bond motifs is 1. The SMILES string of the molecule is CC(=O)O.Fc1ccc([C@@H]2CCNC[C@H]2COc2ccc3c(c2)OCO3)cc1. The van der Waals surface area contributed by atoms with Crippen molar-refractivity contribution in [3.8, 4) is 17.2 Å². The average molecular weight is 389 g/mol. The van der Waals surface area contributed by atoms with E-state index in [4.69, 9.17) is 24.1 Å². The third-order valence-corrected chi connectivity index (χ3v) is 4.71. The summed E-state index contributed by atoms with van der Waals surface area (Å²) >= 11 is 0. The maximum absolute atomic E-state index is 13.2. The maximum Gasteiger partial charge on any atom is 0.300 e. The van der Waals surface area contributed by atoms with Crippen LogP contribution in [0.3, 0.4) is 0 Å². The van der Waals surface area contributed by atoms with Gasteiger partial charge in [0.2, 0.25) is 6.79 Å². The second-order valence-electron chi connectivity index (χ2n) is 6.76. The Morgan fingerprint density at radius 2 is 1.93 bits per heavy atom. The van der Waals surface area contributed by atoms with Gasteiger partial charge < -0.3 is 24.6 Å². The van der Waals surface area contributed by atoms with Crippen molar-refractivity contribution in [2.45, 2.75) is 19.3 Å². The average Bonchev–Trinajstić information content (AvgIpc) is 3.15. The molecule has 0 unspecified atom stereocenters. The largest absolute Gasteiger partial charge is 0.493 e. The molecule has 0 aliphatic carbocycles. The van der Waals surface area contributed by atoms with E-state index in [1.165, 1.54) is 17.7 Å². The molecule has 1 saturated heterocycles. The van der Waals surface area contributed by atoms with Crippen LogP contribution in [-0.2, 0) is 4.79 Å². The van der Waals surface area contributed by atoms with E-state index in [0.717, 1.165) is 43.7 Å². The van der Waals surface area contributed by atoms with Crippen LogP contribution in [0, 0.1) is 11.7 Å². The van der Waals surface area contributed by atoms with Crippen LogP contribution in [0.15, 0.2) is 42.5 Å². The minimum atomic E-state index is -0.833. The molecule has 7 heteroatoms. The zero-order valence-electron chi connectivity index (χ0n) is 15.7. The zero-order valence-corrected chi connectivity index (χ0v) is 15.7. The van der Waals surface area contributed by atoms with E-state index in [0.29, 0.717) is 18.4 Å². The van der Waals surface area contributed by atoms with E-state index in [1.807, 2.05) is 30.3 Å². The molecule has 0 bridgehead atoms. The minimum absolute atomic E-state index is 0.194. The highest BCUT2D eigenvalue weighted by atomic mass is 19.1. The van der Waals surface area contributed by atoms with Crippen LogP contribution in [0.25, 0.3) is 0 Å². The lowest BCUT2D eigenvalue weighted by Crippen LogP contribution is -2.38. The molecule has 0 radical (unpaired) electrons. The maximum atomic E-state index is 13.2. The smallest absolute Gasteiger partial charge is 0.300 e. The molecule has 2 aliphatic heterocycles. The third kappa shape index (κ3) is 5.36. The van der Waals surface area contributed by atoms with Gasteiger partial charge in [-0.3, -0.25) is 4.79 Å². The summed E-state index contributed by atoms with van der Waals surface area (Å²) in [5.41, 5.74) is 1.18. The number of hydrogen-bond donors (Lipinski definition) is 2. The van der Waals surface area contributed by atoms with Crippen molar-refractivity contribution in [1.29, 1.82) is 0 Å². The Bertz CT molecular complexity index is 792. The lowest BCUT2D eigenvalue weighted by atomic mass is 9.81. The van der Waals surface area contributed by atoms with Crippen molar-refractivity contribution in [3.05, 3.63) is 53.8 Å². The first kappa shape index (κ1) is 19.9. The molecule has 2 aliphatic rings. The zero-order chi connectivity index (χ0) is 19.9. The first-order valence-corrected chi connectivity index (χ1v) is 9.21. The Hall–Kier alpha value is -2.80. The first-order chi connectivity index (χ1) is 13.5. The topological polar surface area (TPSA) is 77.0 Å². The Morgan fingerprint density at radius 1 is 1.21 bits per heavy atom. The van der Waals surface area contributed by atoms with Gasteiger partial charge in [-0.25, -0.2) is 4.39 Å². The molecule has 2 atom stereocenters. The van der Waals surface area contributed by atoms with Gasteiger partial charge in [0.05, 0.1) is 6.61 Å². The summed E-state index contributed by atoms with van der Waals surface area (Å²) in [6.07, 6.45) is 1.03. The number of carboxylic acid groups (broad SMARTS) is 1. The van der Waals surface area contributed by atoms with Gasteiger partial charge in [0.1, 0.15) is 11.6 Å². The minimum Gasteiger partial charge on any atom is -0.493 e.